The van der Waals surface area contributed by atoms with E-state index in [1.54, 1.807) is 17.0 Å². The van der Waals surface area contributed by atoms with Crippen molar-refractivity contribution in [2.24, 2.45) is 0 Å². The van der Waals surface area contributed by atoms with Gasteiger partial charge in [0.25, 0.3) is 0 Å². The first kappa shape index (κ1) is 8.56. The van der Waals surface area contributed by atoms with Crippen LogP contribution < -0.4 is 5.69 Å². The molecule has 0 aliphatic carbocycles. The molecular formula is C9H14N2O2. The summed E-state index contributed by atoms with van der Waals surface area (Å²) in [6.45, 7) is 3.50. The summed E-state index contributed by atoms with van der Waals surface area (Å²) in [7, 11) is 0. The van der Waals surface area contributed by atoms with Crippen molar-refractivity contribution < 1.29 is 4.74 Å². The molecule has 0 amide bonds. The lowest BCUT2D eigenvalue weighted by Crippen LogP contribution is -2.43. The van der Waals surface area contributed by atoms with Gasteiger partial charge in [0.05, 0.1) is 12.1 Å². The van der Waals surface area contributed by atoms with E-state index in [0.717, 1.165) is 19.4 Å². The van der Waals surface area contributed by atoms with Crippen LogP contribution >= 0.6 is 0 Å². The van der Waals surface area contributed by atoms with E-state index in [1.807, 2.05) is 0 Å². The highest BCUT2D eigenvalue weighted by Crippen LogP contribution is 2.24. The molecule has 13 heavy (non-hydrogen) atoms. The summed E-state index contributed by atoms with van der Waals surface area (Å²) < 4.78 is 7.12. The Morgan fingerprint density at radius 1 is 1.69 bits per heavy atom. The van der Waals surface area contributed by atoms with E-state index in [-0.39, 0.29) is 11.2 Å². The van der Waals surface area contributed by atoms with Gasteiger partial charge in [-0.1, -0.05) is 0 Å². The van der Waals surface area contributed by atoms with Crippen LogP contribution in [0.3, 0.4) is 0 Å². The fourth-order valence-corrected chi connectivity index (χ4v) is 1.85. The van der Waals surface area contributed by atoms with E-state index >= 15 is 0 Å². The molecule has 0 radical (unpaired) electrons. The molecule has 1 aromatic heterocycles. The third-order valence-corrected chi connectivity index (χ3v) is 2.65. The maximum absolute atomic E-state index is 11.4. The van der Waals surface area contributed by atoms with Gasteiger partial charge in [-0.3, -0.25) is 4.57 Å². The molecule has 0 bridgehead atoms. The van der Waals surface area contributed by atoms with E-state index in [4.69, 9.17) is 4.74 Å². The van der Waals surface area contributed by atoms with Crippen molar-refractivity contribution in [1.29, 1.82) is 0 Å². The Balaban J connectivity index is 2.33. The van der Waals surface area contributed by atoms with Crippen LogP contribution in [0.4, 0.5) is 0 Å². The molecule has 0 saturated carbocycles. The van der Waals surface area contributed by atoms with Crippen LogP contribution in [0.15, 0.2) is 17.2 Å². The minimum Gasteiger partial charge on any atom is -0.379 e. The number of aromatic nitrogens is 2. The molecule has 4 heteroatoms. The van der Waals surface area contributed by atoms with E-state index < -0.39 is 0 Å². The number of rotatable bonds is 1. The number of imidazole rings is 1. The summed E-state index contributed by atoms with van der Waals surface area (Å²) in [5.74, 6) is 0. The molecule has 1 N–H and O–H groups in total. The fraction of sp³-hybridized carbons (Fsp3) is 0.667. The summed E-state index contributed by atoms with van der Waals surface area (Å²) in [5.41, 5.74) is -0.206. The highest BCUT2D eigenvalue weighted by atomic mass is 16.5. The maximum Gasteiger partial charge on any atom is 0.326 e. The largest absolute Gasteiger partial charge is 0.379 e. The van der Waals surface area contributed by atoms with Gasteiger partial charge >= 0.3 is 5.69 Å². The molecule has 1 aliphatic rings. The topological polar surface area (TPSA) is 47.0 Å². The SMILES string of the molecule is CC1(n2cc[nH]c2=O)CCCOC1. The molecule has 0 spiro atoms. The average Bonchev–Trinajstić information content (AvgIpc) is 2.53. The smallest absolute Gasteiger partial charge is 0.326 e. The highest BCUT2D eigenvalue weighted by molar-refractivity contribution is 4.90. The van der Waals surface area contributed by atoms with Crippen molar-refractivity contribution in [3.63, 3.8) is 0 Å². The summed E-state index contributed by atoms with van der Waals surface area (Å²) in [4.78, 5) is 14.0. The molecule has 0 aromatic carbocycles. The Morgan fingerprint density at radius 2 is 2.54 bits per heavy atom. The summed E-state index contributed by atoms with van der Waals surface area (Å²) in [6.07, 6.45) is 5.48. The molecule has 1 aliphatic heterocycles. The van der Waals surface area contributed by atoms with E-state index in [1.165, 1.54) is 0 Å². The van der Waals surface area contributed by atoms with Gasteiger partial charge in [0.2, 0.25) is 0 Å². The number of ether oxygens (including phenoxy) is 1. The summed E-state index contributed by atoms with van der Waals surface area (Å²) in [6, 6.07) is 0. The second-order valence-corrected chi connectivity index (χ2v) is 3.79. The van der Waals surface area contributed by atoms with Crippen molar-refractivity contribution in [3.05, 3.63) is 22.9 Å². The number of H-pyrrole nitrogens is 1. The lowest BCUT2D eigenvalue weighted by Gasteiger charge is -2.33. The molecule has 1 aromatic rings. The van der Waals surface area contributed by atoms with Crippen LogP contribution in [0.25, 0.3) is 0 Å². The quantitative estimate of drug-likeness (QED) is 0.695. The fourth-order valence-electron chi connectivity index (χ4n) is 1.85. The van der Waals surface area contributed by atoms with Crippen LogP contribution in [-0.4, -0.2) is 22.8 Å². The minimum atomic E-state index is -0.157. The third kappa shape index (κ3) is 1.42. The van der Waals surface area contributed by atoms with Crippen LogP contribution in [0, 0.1) is 0 Å². The van der Waals surface area contributed by atoms with Crippen molar-refractivity contribution >= 4 is 0 Å². The number of nitrogens with zero attached hydrogens (tertiary/aromatic N) is 1. The Labute approximate surface area is 76.5 Å². The second kappa shape index (κ2) is 3.03. The average molecular weight is 182 g/mol. The Hall–Kier alpha value is -1.03. The Morgan fingerprint density at radius 3 is 3.08 bits per heavy atom. The van der Waals surface area contributed by atoms with Crippen LogP contribution in [0.2, 0.25) is 0 Å². The van der Waals surface area contributed by atoms with Gasteiger partial charge in [-0.05, 0) is 19.8 Å². The van der Waals surface area contributed by atoms with Gasteiger partial charge in [-0.2, -0.15) is 0 Å². The lowest BCUT2D eigenvalue weighted by atomic mass is 9.95. The third-order valence-electron chi connectivity index (χ3n) is 2.65. The number of aromatic amines is 1. The standard InChI is InChI=1S/C9H14N2O2/c1-9(3-2-6-13-7-9)11-5-4-10-8(11)12/h4-5H,2-3,6-7H2,1H3,(H,10,12). The molecule has 1 unspecified atom stereocenters. The summed E-state index contributed by atoms with van der Waals surface area (Å²) >= 11 is 0. The molecule has 1 atom stereocenters. The minimum absolute atomic E-state index is 0.0481. The van der Waals surface area contributed by atoms with E-state index in [9.17, 15) is 4.79 Å². The van der Waals surface area contributed by atoms with Gasteiger partial charge in [0.1, 0.15) is 0 Å². The van der Waals surface area contributed by atoms with Gasteiger partial charge in [-0.15, -0.1) is 0 Å². The molecule has 2 rings (SSSR count). The Bertz CT molecular complexity index is 333. The van der Waals surface area contributed by atoms with Gasteiger partial charge < -0.3 is 9.72 Å². The van der Waals surface area contributed by atoms with Gasteiger partial charge in [0, 0.05) is 19.0 Å². The van der Waals surface area contributed by atoms with Crippen molar-refractivity contribution in [2.75, 3.05) is 13.2 Å². The highest BCUT2D eigenvalue weighted by Gasteiger charge is 2.30. The number of nitrogens with one attached hydrogen (secondary N) is 1. The molecule has 4 nitrogen and oxygen atoms in total. The van der Waals surface area contributed by atoms with Gasteiger partial charge in [-0.25, -0.2) is 4.79 Å². The zero-order chi connectivity index (χ0) is 9.31. The molecular weight excluding hydrogens is 168 g/mol. The van der Waals surface area contributed by atoms with Crippen LogP contribution in [0.1, 0.15) is 19.8 Å². The van der Waals surface area contributed by atoms with E-state index in [2.05, 4.69) is 11.9 Å². The molecule has 1 saturated heterocycles. The second-order valence-electron chi connectivity index (χ2n) is 3.79. The number of hydrogen-bond acceptors (Lipinski definition) is 2. The van der Waals surface area contributed by atoms with Gasteiger partial charge in [0.15, 0.2) is 0 Å². The predicted molar refractivity (Wildman–Crippen MR) is 48.8 cm³/mol. The molecule has 1 fully saturated rings. The first-order valence-electron chi connectivity index (χ1n) is 4.57. The predicted octanol–water partition coefficient (Wildman–Crippen LogP) is 0.702. The van der Waals surface area contributed by atoms with Crippen molar-refractivity contribution in [3.8, 4) is 0 Å². The Kier molecular flexibility index (Phi) is 2.00. The lowest BCUT2D eigenvalue weighted by molar-refractivity contribution is 0.00800. The zero-order valence-corrected chi connectivity index (χ0v) is 7.75. The van der Waals surface area contributed by atoms with Crippen molar-refractivity contribution in [1.82, 2.24) is 9.55 Å². The van der Waals surface area contributed by atoms with Crippen LogP contribution in [0.5, 0.6) is 0 Å². The first-order chi connectivity index (χ1) is 6.22. The van der Waals surface area contributed by atoms with Crippen molar-refractivity contribution in [2.45, 2.75) is 25.3 Å². The first-order valence-corrected chi connectivity index (χ1v) is 4.57. The normalized spacial score (nSPS) is 29.0. The maximum atomic E-state index is 11.4. The molecule has 2 heterocycles. The number of hydrogen-bond donors (Lipinski definition) is 1. The zero-order valence-electron chi connectivity index (χ0n) is 7.75. The van der Waals surface area contributed by atoms with Crippen LogP contribution in [-0.2, 0) is 10.3 Å². The summed E-state index contributed by atoms with van der Waals surface area (Å²) in [5, 5.41) is 0. The van der Waals surface area contributed by atoms with E-state index in [0.29, 0.717) is 6.61 Å². The monoisotopic (exact) mass is 182 g/mol. The molecule has 72 valence electrons.